The number of carboxylic acid groups (broad SMARTS) is 1. The lowest BCUT2D eigenvalue weighted by Gasteiger charge is -2.16. The lowest BCUT2D eigenvalue weighted by molar-refractivity contribution is -0.137. The van der Waals surface area contributed by atoms with E-state index in [0.29, 0.717) is 23.6 Å². The molecular weight excluding hydrogens is 378 g/mol. The Kier molecular flexibility index (Phi) is 7.39. The molecule has 0 fully saturated rings. The van der Waals surface area contributed by atoms with Crippen LogP contribution in [0, 0.1) is 12.8 Å². The first-order valence-corrected chi connectivity index (χ1v) is 9.96. The summed E-state index contributed by atoms with van der Waals surface area (Å²) >= 11 is 1.28. The van der Waals surface area contributed by atoms with Gasteiger partial charge in [-0.25, -0.2) is 4.98 Å². The van der Waals surface area contributed by atoms with Crippen molar-refractivity contribution in [2.75, 3.05) is 5.32 Å². The van der Waals surface area contributed by atoms with Gasteiger partial charge in [0.05, 0.1) is 0 Å². The zero-order valence-electron chi connectivity index (χ0n) is 16.4. The Morgan fingerprint density at radius 3 is 2.43 bits per heavy atom. The predicted octanol–water partition coefficient (Wildman–Crippen LogP) is 2.95. The SMILES string of the molecule is CCc1nc(C)cc(=O)n1CC(=O)Nc1ccc(SC(C(=O)O)C(C)C)cc1. The molecule has 2 aromatic rings. The molecule has 0 radical (unpaired) electrons. The van der Waals surface area contributed by atoms with Crippen LogP contribution in [0.5, 0.6) is 0 Å². The van der Waals surface area contributed by atoms with E-state index in [1.807, 2.05) is 20.8 Å². The molecule has 0 saturated heterocycles. The third-order valence-corrected chi connectivity index (χ3v) is 5.63. The molecule has 2 N–H and O–H groups in total. The molecule has 1 atom stereocenters. The van der Waals surface area contributed by atoms with Crippen LogP contribution >= 0.6 is 11.8 Å². The van der Waals surface area contributed by atoms with Gasteiger partial charge < -0.3 is 10.4 Å². The van der Waals surface area contributed by atoms with Gasteiger partial charge in [-0.15, -0.1) is 11.8 Å². The summed E-state index contributed by atoms with van der Waals surface area (Å²) in [6, 6.07) is 8.39. The van der Waals surface area contributed by atoms with E-state index in [1.165, 1.54) is 22.4 Å². The molecule has 1 heterocycles. The van der Waals surface area contributed by atoms with E-state index in [1.54, 1.807) is 31.2 Å². The lowest BCUT2D eigenvalue weighted by atomic mass is 10.1. The standard InChI is InChI=1S/C20H25N3O4S/c1-5-16-21-13(4)10-18(25)23(16)11-17(24)22-14-6-8-15(9-7-14)28-19(12(2)3)20(26)27/h6-10,12,19H,5,11H2,1-4H3,(H,22,24)(H,26,27). The largest absolute Gasteiger partial charge is 0.480 e. The number of benzene rings is 1. The van der Waals surface area contributed by atoms with E-state index in [-0.39, 0.29) is 23.9 Å². The van der Waals surface area contributed by atoms with E-state index >= 15 is 0 Å². The second-order valence-corrected chi connectivity index (χ2v) is 8.00. The number of rotatable bonds is 8. The van der Waals surface area contributed by atoms with Crippen molar-refractivity contribution in [3.05, 3.63) is 52.2 Å². The first-order chi connectivity index (χ1) is 13.2. The van der Waals surface area contributed by atoms with Gasteiger partial charge in [-0.1, -0.05) is 20.8 Å². The average molecular weight is 404 g/mol. The first-order valence-electron chi connectivity index (χ1n) is 9.08. The lowest BCUT2D eigenvalue weighted by Crippen LogP contribution is -2.30. The Hall–Kier alpha value is -2.61. The smallest absolute Gasteiger partial charge is 0.317 e. The van der Waals surface area contributed by atoms with Crippen molar-refractivity contribution >= 4 is 29.3 Å². The summed E-state index contributed by atoms with van der Waals surface area (Å²) in [5, 5.41) is 11.5. The van der Waals surface area contributed by atoms with Crippen molar-refractivity contribution < 1.29 is 14.7 Å². The fourth-order valence-electron chi connectivity index (χ4n) is 2.70. The van der Waals surface area contributed by atoms with Crippen LogP contribution in [0.2, 0.25) is 0 Å². The maximum absolute atomic E-state index is 12.3. The van der Waals surface area contributed by atoms with Gasteiger partial charge in [0, 0.05) is 28.8 Å². The van der Waals surface area contributed by atoms with Crippen LogP contribution in [0.4, 0.5) is 5.69 Å². The van der Waals surface area contributed by atoms with Gasteiger partial charge >= 0.3 is 5.97 Å². The van der Waals surface area contributed by atoms with E-state index in [0.717, 1.165) is 4.90 Å². The maximum Gasteiger partial charge on any atom is 0.317 e. The number of thioether (sulfide) groups is 1. The minimum Gasteiger partial charge on any atom is -0.480 e. The number of hydrogen-bond acceptors (Lipinski definition) is 5. The number of aliphatic carboxylic acids is 1. The Bertz CT molecular complexity index is 907. The van der Waals surface area contributed by atoms with E-state index < -0.39 is 11.2 Å². The molecule has 0 aliphatic rings. The molecule has 7 nitrogen and oxygen atoms in total. The van der Waals surface area contributed by atoms with Crippen LogP contribution in [-0.4, -0.2) is 31.8 Å². The molecule has 1 aromatic heterocycles. The third-order valence-electron chi connectivity index (χ3n) is 4.08. The van der Waals surface area contributed by atoms with Crippen molar-refractivity contribution in [1.82, 2.24) is 9.55 Å². The van der Waals surface area contributed by atoms with Gasteiger partial charge in [0.25, 0.3) is 5.56 Å². The van der Waals surface area contributed by atoms with Crippen LogP contribution in [0.25, 0.3) is 0 Å². The molecule has 2 rings (SSSR count). The summed E-state index contributed by atoms with van der Waals surface area (Å²) in [5.74, 6) is -0.605. The summed E-state index contributed by atoms with van der Waals surface area (Å²) in [4.78, 5) is 40.9. The maximum atomic E-state index is 12.3. The highest BCUT2D eigenvalue weighted by molar-refractivity contribution is 8.00. The van der Waals surface area contributed by atoms with Crippen molar-refractivity contribution in [3.8, 4) is 0 Å². The highest BCUT2D eigenvalue weighted by Gasteiger charge is 2.22. The summed E-state index contributed by atoms with van der Waals surface area (Å²) in [7, 11) is 0. The number of hydrogen-bond donors (Lipinski definition) is 2. The van der Waals surface area contributed by atoms with Crippen LogP contribution in [0.3, 0.4) is 0 Å². The first kappa shape index (κ1) is 21.7. The van der Waals surface area contributed by atoms with E-state index in [4.69, 9.17) is 0 Å². The van der Waals surface area contributed by atoms with Crippen molar-refractivity contribution in [2.45, 2.75) is 50.8 Å². The monoisotopic (exact) mass is 403 g/mol. The summed E-state index contributed by atoms with van der Waals surface area (Å²) in [6.07, 6.45) is 0.552. The average Bonchev–Trinajstić information content (AvgIpc) is 2.62. The van der Waals surface area contributed by atoms with Crippen LogP contribution in [-0.2, 0) is 22.6 Å². The molecule has 0 aliphatic carbocycles. The Morgan fingerprint density at radius 1 is 1.25 bits per heavy atom. The molecule has 0 saturated carbocycles. The number of nitrogens with one attached hydrogen (secondary N) is 1. The normalized spacial score (nSPS) is 12.0. The fourth-order valence-corrected chi connectivity index (χ4v) is 3.66. The fraction of sp³-hybridized carbons (Fsp3) is 0.400. The van der Waals surface area contributed by atoms with Gasteiger partial charge in [-0.05, 0) is 37.1 Å². The van der Waals surface area contributed by atoms with Crippen LogP contribution in [0.15, 0.2) is 40.0 Å². The molecule has 1 amide bonds. The van der Waals surface area contributed by atoms with Gasteiger partial charge in [0.1, 0.15) is 17.6 Å². The van der Waals surface area contributed by atoms with Crippen molar-refractivity contribution in [1.29, 1.82) is 0 Å². The Balaban J connectivity index is 2.06. The second kappa shape index (κ2) is 9.54. The third kappa shape index (κ3) is 5.69. The number of carbonyl (C=O) groups is 2. The molecule has 1 unspecified atom stereocenters. The summed E-state index contributed by atoms with van der Waals surface area (Å²) in [6.45, 7) is 7.26. The topological polar surface area (TPSA) is 101 Å². The Labute approximate surface area is 168 Å². The van der Waals surface area contributed by atoms with E-state index in [2.05, 4.69) is 10.3 Å². The molecule has 0 aliphatic heterocycles. The zero-order chi connectivity index (χ0) is 20.8. The number of aromatic nitrogens is 2. The minimum absolute atomic E-state index is 0.00364. The number of carboxylic acids is 1. The summed E-state index contributed by atoms with van der Waals surface area (Å²) < 4.78 is 1.37. The van der Waals surface area contributed by atoms with Gasteiger partial charge in [0.2, 0.25) is 5.91 Å². The number of nitrogens with zero attached hydrogens (tertiary/aromatic N) is 2. The summed E-state index contributed by atoms with van der Waals surface area (Å²) in [5.41, 5.74) is 0.962. The number of aryl methyl sites for hydroxylation is 2. The Morgan fingerprint density at radius 2 is 1.89 bits per heavy atom. The highest BCUT2D eigenvalue weighted by Crippen LogP contribution is 2.29. The molecule has 0 spiro atoms. The predicted molar refractivity (Wildman–Crippen MR) is 110 cm³/mol. The van der Waals surface area contributed by atoms with Crippen LogP contribution < -0.4 is 10.9 Å². The molecule has 8 heteroatoms. The van der Waals surface area contributed by atoms with Crippen molar-refractivity contribution in [3.63, 3.8) is 0 Å². The quantitative estimate of drug-likeness (QED) is 0.657. The van der Waals surface area contributed by atoms with Crippen LogP contribution in [0.1, 0.15) is 32.3 Å². The second-order valence-electron chi connectivity index (χ2n) is 6.78. The number of amides is 1. The van der Waals surface area contributed by atoms with E-state index in [9.17, 15) is 19.5 Å². The molecule has 0 bridgehead atoms. The van der Waals surface area contributed by atoms with Gasteiger partial charge in [0.15, 0.2) is 0 Å². The molecule has 28 heavy (non-hydrogen) atoms. The molecular formula is C20H25N3O4S. The highest BCUT2D eigenvalue weighted by atomic mass is 32.2. The number of carbonyl (C=O) groups excluding carboxylic acids is 1. The number of anilines is 1. The van der Waals surface area contributed by atoms with Gasteiger partial charge in [-0.3, -0.25) is 19.0 Å². The van der Waals surface area contributed by atoms with Gasteiger partial charge in [-0.2, -0.15) is 0 Å². The minimum atomic E-state index is -0.846. The zero-order valence-corrected chi connectivity index (χ0v) is 17.2. The van der Waals surface area contributed by atoms with Crippen molar-refractivity contribution in [2.24, 2.45) is 5.92 Å². The molecule has 150 valence electrons. The molecule has 1 aromatic carbocycles.